The number of β-amino-alcohol motifs (C(OH)–C–C–N with tert-alkyl or cyclic N) is 1. The van der Waals surface area contributed by atoms with Crippen LogP contribution >= 0.6 is 0 Å². The van der Waals surface area contributed by atoms with Crippen molar-refractivity contribution in [2.45, 2.75) is 19.6 Å². The quantitative estimate of drug-likeness (QED) is 0.875. The van der Waals surface area contributed by atoms with Crippen molar-refractivity contribution in [3.05, 3.63) is 47.5 Å². The molecule has 0 radical (unpaired) electrons. The van der Waals surface area contributed by atoms with Gasteiger partial charge in [-0.2, -0.15) is 0 Å². The van der Waals surface area contributed by atoms with E-state index >= 15 is 0 Å². The highest BCUT2D eigenvalue weighted by molar-refractivity contribution is 6.09. The summed E-state index contributed by atoms with van der Waals surface area (Å²) >= 11 is 0. The molecular weight excluding hydrogens is 226 g/mol. The second-order valence-electron chi connectivity index (χ2n) is 4.86. The molecule has 3 heteroatoms. The molecular formula is C15H15NO2. The van der Waals surface area contributed by atoms with Crippen LogP contribution in [-0.2, 0) is 6.54 Å². The third kappa shape index (κ3) is 1.68. The fourth-order valence-corrected chi connectivity index (χ4v) is 2.64. The Morgan fingerprint density at radius 3 is 2.72 bits per heavy atom. The van der Waals surface area contributed by atoms with Crippen LogP contribution in [0.2, 0.25) is 0 Å². The van der Waals surface area contributed by atoms with Crippen LogP contribution in [-0.4, -0.2) is 28.6 Å². The normalized spacial score (nSPS) is 16.1. The number of nitrogens with zero attached hydrogens (tertiary/aromatic N) is 1. The fourth-order valence-electron chi connectivity index (χ4n) is 2.64. The number of aliphatic hydroxyl groups excluding tert-OH is 1. The number of carbonyl (C=O) groups excluding carboxylic acids is 1. The molecule has 2 aromatic rings. The predicted octanol–water partition coefficient (Wildman–Crippen LogP) is 2.18. The maximum absolute atomic E-state index is 12.4. The number of aliphatic hydroxyl groups is 1. The maximum atomic E-state index is 12.4. The van der Waals surface area contributed by atoms with Gasteiger partial charge in [0.25, 0.3) is 5.91 Å². The zero-order valence-electron chi connectivity index (χ0n) is 10.3. The summed E-state index contributed by atoms with van der Waals surface area (Å²) in [6, 6.07) is 11.9. The summed E-state index contributed by atoms with van der Waals surface area (Å²) in [5.41, 5.74) is 1.90. The van der Waals surface area contributed by atoms with Gasteiger partial charge < -0.3 is 10.0 Å². The molecule has 1 N–H and O–H groups in total. The van der Waals surface area contributed by atoms with E-state index in [1.807, 2.05) is 36.4 Å². The second-order valence-corrected chi connectivity index (χ2v) is 4.86. The lowest BCUT2D eigenvalue weighted by atomic mass is 9.94. The number of hydrogen-bond acceptors (Lipinski definition) is 2. The SMILES string of the molecule is CC(O)CN1Cc2cccc3cccc(c23)C1=O. The van der Waals surface area contributed by atoms with E-state index in [2.05, 4.69) is 0 Å². The third-order valence-electron chi connectivity index (χ3n) is 3.35. The van der Waals surface area contributed by atoms with Gasteiger partial charge in [-0.3, -0.25) is 4.79 Å². The topological polar surface area (TPSA) is 40.5 Å². The highest BCUT2D eigenvalue weighted by atomic mass is 16.3. The molecule has 0 saturated heterocycles. The molecule has 92 valence electrons. The van der Waals surface area contributed by atoms with Gasteiger partial charge in [0, 0.05) is 18.7 Å². The van der Waals surface area contributed by atoms with E-state index in [0.717, 1.165) is 21.9 Å². The molecule has 1 unspecified atom stereocenters. The lowest BCUT2D eigenvalue weighted by Crippen LogP contribution is -2.38. The smallest absolute Gasteiger partial charge is 0.254 e. The Labute approximate surface area is 106 Å². The summed E-state index contributed by atoms with van der Waals surface area (Å²) in [7, 11) is 0. The lowest BCUT2D eigenvalue weighted by molar-refractivity contribution is 0.0624. The van der Waals surface area contributed by atoms with Gasteiger partial charge in [0.15, 0.2) is 0 Å². The van der Waals surface area contributed by atoms with Crippen LogP contribution in [0.5, 0.6) is 0 Å². The van der Waals surface area contributed by atoms with Gasteiger partial charge in [0.1, 0.15) is 0 Å². The third-order valence-corrected chi connectivity index (χ3v) is 3.35. The van der Waals surface area contributed by atoms with Crippen LogP contribution < -0.4 is 0 Å². The fraction of sp³-hybridized carbons (Fsp3) is 0.267. The minimum atomic E-state index is -0.501. The van der Waals surface area contributed by atoms with Crippen molar-refractivity contribution in [1.29, 1.82) is 0 Å². The van der Waals surface area contributed by atoms with E-state index in [9.17, 15) is 9.90 Å². The van der Waals surface area contributed by atoms with Crippen molar-refractivity contribution < 1.29 is 9.90 Å². The molecule has 18 heavy (non-hydrogen) atoms. The summed E-state index contributed by atoms with van der Waals surface area (Å²) in [4.78, 5) is 14.1. The highest BCUT2D eigenvalue weighted by Gasteiger charge is 2.25. The molecule has 1 heterocycles. The number of benzene rings is 2. The summed E-state index contributed by atoms with van der Waals surface area (Å²) in [5, 5.41) is 11.6. The van der Waals surface area contributed by atoms with Crippen molar-refractivity contribution >= 4 is 16.7 Å². The lowest BCUT2D eigenvalue weighted by Gasteiger charge is -2.29. The molecule has 0 aliphatic carbocycles. The number of carbonyl (C=O) groups is 1. The molecule has 1 atom stereocenters. The zero-order chi connectivity index (χ0) is 12.7. The minimum Gasteiger partial charge on any atom is -0.392 e. The summed E-state index contributed by atoms with van der Waals surface area (Å²) in [6.45, 7) is 2.66. The molecule has 1 aliphatic rings. The van der Waals surface area contributed by atoms with Crippen molar-refractivity contribution in [2.24, 2.45) is 0 Å². The Hall–Kier alpha value is -1.87. The first kappa shape index (κ1) is 11.2. The average molecular weight is 241 g/mol. The Morgan fingerprint density at radius 1 is 1.28 bits per heavy atom. The van der Waals surface area contributed by atoms with Crippen LogP contribution in [0.25, 0.3) is 10.8 Å². The Balaban J connectivity index is 2.15. The standard InChI is InChI=1S/C15H15NO2/c1-10(17)8-16-9-12-6-2-4-11-5-3-7-13(14(11)12)15(16)18/h2-7,10,17H,8-9H2,1H3. The van der Waals surface area contributed by atoms with E-state index in [-0.39, 0.29) is 5.91 Å². The maximum Gasteiger partial charge on any atom is 0.254 e. The monoisotopic (exact) mass is 241 g/mol. The van der Waals surface area contributed by atoms with Gasteiger partial charge in [0.2, 0.25) is 0 Å². The van der Waals surface area contributed by atoms with Crippen molar-refractivity contribution in [1.82, 2.24) is 4.90 Å². The van der Waals surface area contributed by atoms with Gasteiger partial charge in [-0.25, -0.2) is 0 Å². The van der Waals surface area contributed by atoms with E-state index in [0.29, 0.717) is 13.1 Å². The Bertz CT molecular complexity index is 614. The van der Waals surface area contributed by atoms with Gasteiger partial charge >= 0.3 is 0 Å². The van der Waals surface area contributed by atoms with Crippen LogP contribution in [0.4, 0.5) is 0 Å². The van der Waals surface area contributed by atoms with Crippen molar-refractivity contribution in [3.63, 3.8) is 0 Å². The van der Waals surface area contributed by atoms with Crippen LogP contribution in [0.1, 0.15) is 22.8 Å². The molecule has 0 bridgehead atoms. The van der Waals surface area contributed by atoms with E-state index < -0.39 is 6.10 Å². The van der Waals surface area contributed by atoms with Gasteiger partial charge in [0.05, 0.1) is 6.10 Å². The number of amides is 1. The second kappa shape index (κ2) is 4.10. The first-order chi connectivity index (χ1) is 8.66. The molecule has 0 fully saturated rings. The zero-order valence-corrected chi connectivity index (χ0v) is 10.3. The average Bonchev–Trinajstić information content (AvgIpc) is 2.35. The largest absolute Gasteiger partial charge is 0.392 e. The van der Waals surface area contributed by atoms with E-state index in [1.165, 1.54) is 0 Å². The first-order valence-corrected chi connectivity index (χ1v) is 6.15. The summed E-state index contributed by atoms with van der Waals surface area (Å²) < 4.78 is 0. The van der Waals surface area contributed by atoms with Gasteiger partial charge in [-0.05, 0) is 29.3 Å². The van der Waals surface area contributed by atoms with Crippen LogP contribution in [0.15, 0.2) is 36.4 Å². The summed E-state index contributed by atoms with van der Waals surface area (Å²) in [6.07, 6.45) is -0.501. The summed E-state index contributed by atoms with van der Waals surface area (Å²) in [5.74, 6) is 0.0141. The molecule has 3 rings (SSSR count). The molecule has 2 aromatic carbocycles. The molecule has 0 aromatic heterocycles. The Morgan fingerprint density at radius 2 is 2.00 bits per heavy atom. The van der Waals surface area contributed by atoms with Gasteiger partial charge in [-0.1, -0.05) is 30.3 Å². The molecule has 1 amide bonds. The minimum absolute atomic E-state index is 0.0141. The first-order valence-electron chi connectivity index (χ1n) is 6.15. The molecule has 1 aliphatic heterocycles. The molecule has 0 spiro atoms. The van der Waals surface area contributed by atoms with E-state index in [4.69, 9.17) is 0 Å². The van der Waals surface area contributed by atoms with Crippen molar-refractivity contribution in [3.8, 4) is 0 Å². The van der Waals surface area contributed by atoms with Crippen LogP contribution in [0.3, 0.4) is 0 Å². The Kier molecular flexibility index (Phi) is 2.56. The van der Waals surface area contributed by atoms with Crippen LogP contribution in [0, 0.1) is 0 Å². The number of hydrogen-bond donors (Lipinski definition) is 1. The molecule has 3 nitrogen and oxygen atoms in total. The van der Waals surface area contributed by atoms with Crippen molar-refractivity contribution in [2.75, 3.05) is 6.54 Å². The van der Waals surface area contributed by atoms with Gasteiger partial charge in [-0.15, -0.1) is 0 Å². The molecule has 0 saturated carbocycles. The predicted molar refractivity (Wildman–Crippen MR) is 70.4 cm³/mol. The van der Waals surface area contributed by atoms with E-state index in [1.54, 1.807) is 11.8 Å². The number of rotatable bonds is 2. The highest BCUT2D eigenvalue weighted by Crippen LogP contribution is 2.29.